The zero-order chi connectivity index (χ0) is 20.3. The Morgan fingerprint density at radius 3 is 2.52 bits per heavy atom. The Morgan fingerprint density at radius 1 is 1.07 bits per heavy atom. The second-order valence-electron chi connectivity index (χ2n) is 5.87. The number of nitrogens with one attached hydrogen (secondary N) is 1. The summed E-state index contributed by atoms with van der Waals surface area (Å²) < 4.78 is 38.1. The molecule has 0 aliphatic heterocycles. The Morgan fingerprint density at radius 2 is 1.83 bits per heavy atom. The monoisotopic (exact) mass is 447 g/mol. The average molecular weight is 448 g/mol. The number of rotatable bonds is 7. The van der Waals surface area contributed by atoms with Crippen molar-refractivity contribution in [2.45, 2.75) is 10.8 Å². The molecule has 2 aromatic heterocycles. The summed E-state index contributed by atoms with van der Waals surface area (Å²) in [7, 11) is -3.59. The van der Waals surface area contributed by atoms with E-state index in [1.807, 2.05) is 0 Å². The molecule has 0 radical (unpaired) electrons. The molecule has 4 aromatic rings. The minimum Gasteiger partial charge on any atom is -0.484 e. The zero-order valence-corrected chi connectivity index (χ0v) is 17.2. The molecule has 0 unspecified atom stereocenters. The number of nitrogens with zero attached hydrogens (tertiary/aromatic N) is 2. The second kappa shape index (κ2) is 8.24. The van der Waals surface area contributed by atoms with E-state index in [0.717, 1.165) is 11.3 Å². The summed E-state index contributed by atoms with van der Waals surface area (Å²) in [6.07, 6.45) is 0. The lowest BCUT2D eigenvalue weighted by atomic mass is 10.2. The third-order valence-corrected chi connectivity index (χ3v) is 6.83. The number of thiophene rings is 1. The molecule has 0 bridgehead atoms. The molecule has 29 heavy (non-hydrogen) atoms. The molecule has 0 fully saturated rings. The van der Waals surface area contributed by atoms with Crippen LogP contribution in [0, 0.1) is 0 Å². The van der Waals surface area contributed by atoms with Crippen molar-refractivity contribution in [2.24, 2.45) is 0 Å². The lowest BCUT2D eigenvalue weighted by Crippen LogP contribution is -2.11. The molecule has 2 heterocycles. The van der Waals surface area contributed by atoms with Crippen molar-refractivity contribution in [1.29, 1.82) is 0 Å². The summed E-state index contributed by atoms with van der Waals surface area (Å²) in [5, 5.41) is 6.27. The molecule has 4 rings (SSSR count). The van der Waals surface area contributed by atoms with Gasteiger partial charge in [0.25, 0.3) is 15.9 Å². The van der Waals surface area contributed by atoms with Gasteiger partial charge in [-0.1, -0.05) is 22.8 Å². The van der Waals surface area contributed by atoms with Crippen molar-refractivity contribution < 1.29 is 17.7 Å². The van der Waals surface area contributed by atoms with E-state index in [9.17, 15) is 8.42 Å². The lowest BCUT2D eigenvalue weighted by Gasteiger charge is -2.06. The molecule has 0 amide bonds. The lowest BCUT2D eigenvalue weighted by molar-refractivity contribution is 0.243. The summed E-state index contributed by atoms with van der Waals surface area (Å²) in [4.78, 5) is 4.29. The first-order chi connectivity index (χ1) is 14.0. The number of sulfonamides is 1. The maximum absolute atomic E-state index is 12.3. The van der Waals surface area contributed by atoms with Gasteiger partial charge in [-0.15, -0.1) is 11.3 Å². The van der Waals surface area contributed by atoms with Gasteiger partial charge in [0.1, 0.15) is 9.96 Å². The van der Waals surface area contributed by atoms with Gasteiger partial charge >= 0.3 is 0 Å². The van der Waals surface area contributed by atoms with Crippen LogP contribution in [0.5, 0.6) is 5.75 Å². The van der Waals surface area contributed by atoms with Crippen LogP contribution in [0.15, 0.2) is 74.8 Å². The SMILES string of the molecule is O=S(=O)(Nc1ccc(-c2noc(COc3ccc(Cl)cc3)n2)cc1)c1cccs1. The molecule has 7 nitrogen and oxygen atoms in total. The highest BCUT2D eigenvalue weighted by atomic mass is 35.5. The summed E-state index contributed by atoms with van der Waals surface area (Å²) >= 11 is 6.99. The highest BCUT2D eigenvalue weighted by molar-refractivity contribution is 7.94. The van der Waals surface area contributed by atoms with Gasteiger partial charge in [0.2, 0.25) is 5.82 Å². The molecule has 0 saturated carbocycles. The molecule has 0 saturated heterocycles. The third kappa shape index (κ3) is 4.76. The van der Waals surface area contributed by atoms with Crippen LogP contribution in [0.4, 0.5) is 5.69 Å². The van der Waals surface area contributed by atoms with Crippen molar-refractivity contribution in [3.05, 3.63) is 77.0 Å². The summed E-state index contributed by atoms with van der Waals surface area (Å²) in [5.74, 6) is 1.33. The fourth-order valence-electron chi connectivity index (χ4n) is 2.42. The number of ether oxygens (including phenoxy) is 1. The number of hydrogen-bond acceptors (Lipinski definition) is 7. The molecular formula is C19H14ClN3O4S2. The van der Waals surface area contributed by atoms with E-state index in [4.69, 9.17) is 20.9 Å². The summed E-state index contributed by atoms with van der Waals surface area (Å²) in [5.41, 5.74) is 1.13. The van der Waals surface area contributed by atoms with Gasteiger partial charge < -0.3 is 9.26 Å². The third-order valence-electron chi connectivity index (χ3n) is 3.80. The predicted octanol–water partition coefficient (Wildman–Crippen LogP) is 4.83. The molecule has 1 N–H and O–H groups in total. The molecule has 0 aliphatic rings. The first-order valence-corrected chi connectivity index (χ1v) is 11.1. The smallest absolute Gasteiger partial charge is 0.271 e. The van der Waals surface area contributed by atoms with Crippen LogP contribution in [0.2, 0.25) is 5.02 Å². The Bertz CT molecular complexity index is 1190. The van der Waals surface area contributed by atoms with Crippen molar-refractivity contribution in [3.63, 3.8) is 0 Å². The summed E-state index contributed by atoms with van der Waals surface area (Å²) in [6, 6.07) is 16.9. The van der Waals surface area contributed by atoms with Crippen LogP contribution in [-0.2, 0) is 16.6 Å². The Balaban J connectivity index is 1.41. The zero-order valence-electron chi connectivity index (χ0n) is 14.8. The fourth-order valence-corrected chi connectivity index (χ4v) is 4.59. The molecular weight excluding hydrogens is 434 g/mol. The van der Waals surface area contributed by atoms with Crippen molar-refractivity contribution in [3.8, 4) is 17.1 Å². The normalized spacial score (nSPS) is 11.3. The molecule has 10 heteroatoms. The van der Waals surface area contributed by atoms with E-state index >= 15 is 0 Å². The van der Waals surface area contributed by atoms with E-state index in [1.165, 1.54) is 0 Å². The molecule has 0 atom stereocenters. The molecule has 0 spiro atoms. The minimum absolute atomic E-state index is 0.118. The first-order valence-electron chi connectivity index (χ1n) is 8.37. The number of anilines is 1. The predicted molar refractivity (Wildman–Crippen MR) is 111 cm³/mol. The van der Waals surface area contributed by atoms with Crippen LogP contribution in [0.1, 0.15) is 5.89 Å². The van der Waals surface area contributed by atoms with Crippen LogP contribution in [-0.4, -0.2) is 18.6 Å². The van der Waals surface area contributed by atoms with E-state index < -0.39 is 10.0 Å². The Kier molecular flexibility index (Phi) is 5.52. The van der Waals surface area contributed by atoms with E-state index in [2.05, 4.69) is 14.9 Å². The van der Waals surface area contributed by atoms with Gasteiger partial charge in [0, 0.05) is 16.3 Å². The topological polar surface area (TPSA) is 94.3 Å². The van der Waals surface area contributed by atoms with Gasteiger partial charge in [0.05, 0.1) is 0 Å². The molecule has 0 aliphatic carbocycles. The highest BCUT2D eigenvalue weighted by Gasteiger charge is 2.15. The number of benzene rings is 2. The van der Waals surface area contributed by atoms with E-state index in [1.54, 1.807) is 66.0 Å². The fraction of sp³-hybridized carbons (Fsp3) is 0.0526. The van der Waals surface area contributed by atoms with Crippen LogP contribution >= 0.6 is 22.9 Å². The largest absolute Gasteiger partial charge is 0.484 e. The Labute approximate surface area is 176 Å². The van der Waals surface area contributed by atoms with Crippen LogP contribution < -0.4 is 9.46 Å². The maximum atomic E-state index is 12.3. The van der Waals surface area contributed by atoms with Gasteiger partial charge in [0.15, 0.2) is 6.61 Å². The quantitative estimate of drug-likeness (QED) is 0.436. The van der Waals surface area contributed by atoms with Gasteiger partial charge in [-0.3, -0.25) is 4.72 Å². The van der Waals surface area contributed by atoms with Gasteiger partial charge in [-0.25, -0.2) is 8.42 Å². The van der Waals surface area contributed by atoms with Crippen LogP contribution in [0.25, 0.3) is 11.4 Å². The second-order valence-corrected chi connectivity index (χ2v) is 9.16. The standard InChI is InChI=1S/C19H14ClN3O4S2/c20-14-5-9-16(10-6-14)26-12-17-21-19(22-27-17)13-3-7-15(8-4-13)23-29(24,25)18-2-1-11-28-18/h1-11,23H,12H2. The highest BCUT2D eigenvalue weighted by Crippen LogP contribution is 2.23. The molecule has 148 valence electrons. The summed E-state index contributed by atoms with van der Waals surface area (Å²) in [6.45, 7) is 0.118. The van der Waals surface area contributed by atoms with Crippen LogP contribution in [0.3, 0.4) is 0 Å². The van der Waals surface area contributed by atoms with Crippen molar-refractivity contribution >= 4 is 38.6 Å². The maximum Gasteiger partial charge on any atom is 0.271 e. The van der Waals surface area contributed by atoms with E-state index in [0.29, 0.717) is 33.7 Å². The van der Waals surface area contributed by atoms with Crippen molar-refractivity contribution in [1.82, 2.24) is 10.1 Å². The molecule has 2 aromatic carbocycles. The van der Waals surface area contributed by atoms with E-state index in [-0.39, 0.29) is 10.8 Å². The van der Waals surface area contributed by atoms with Crippen molar-refractivity contribution in [2.75, 3.05) is 4.72 Å². The first kappa shape index (κ1) is 19.4. The Hall–Kier alpha value is -2.88. The minimum atomic E-state index is -3.59. The number of aromatic nitrogens is 2. The number of hydrogen-bond donors (Lipinski definition) is 1. The van der Waals surface area contributed by atoms with Gasteiger partial charge in [-0.05, 0) is 60.0 Å². The number of halogens is 1. The average Bonchev–Trinajstić information content (AvgIpc) is 3.41. The van der Waals surface area contributed by atoms with Gasteiger partial charge in [-0.2, -0.15) is 4.98 Å².